The summed E-state index contributed by atoms with van der Waals surface area (Å²) in [6.45, 7) is 0. The topological polar surface area (TPSA) is 93.3 Å². The maximum atomic E-state index is 12.3. The van der Waals surface area contributed by atoms with Crippen molar-refractivity contribution in [2.75, 3.05) is 19.5 Å². The Balaban J connectivity index is 1.72. The van der Waals surface area contributed by atoms with Gasteiger partial charge in [0, 0.05) is 18.9 Å². The quantitative estimate of drug-likeness (QED) is 0.677. The SMILES string of the molecule is COc1cc(OC)c(NC(=O)CCc2nc3ccccc3c(=O)[nH]2)cc1Cl. The van der Waals surface area contributed by atoms with Crippen molar-refractivity contribution in [3.8, 4) is 11.5 Å². The Kier molecular flexibility index (Phi) is 5.61. The molecule has 0 aliphatic heterocycles. The van der Waals surface area contributed by atoms with Crippen molar-refractivity contribution >= 4 is 34.1 Å². The van der Waals surface area contributed by atoms with E-state index in [4.69, 9.17) is 21.1 Å². The molecule has 2 N–H and O–H groups in total. The molecule has 0 atom stereocenters. The number of para-hydroxylation sites is 1. The van der Waals surface area contributed by atoms with Gasteiger partial charge in [0.05, 0.1) is 35.8 Å². The largest absolute Gasteiger partial charge is 0.495 e. The van der Waals surface area contributed by atoms with E-state index in [1.165, 1.54) is 14.2 Å². The number of carbonyl (C=O) groups is 1. The van der Waals surface area contributed by atoms with Crippen molar-refractivity contribution in [2.45, 2.75) is 12.8 Å². The van der Waals surface area contributed by atoms with E-state index in [0.717, 1.165) is 0 Å². The third-order valence-electron chi connectivity index (χ3n) is 4.00. The van der Waals surface area contributed by atoms with Crippen molar-refractivity contribution in [2.24, 2.45) is 0 Å². The molecule has 0 saturated carbocycles. The average Bonchev–Trinajstić information content (AvgIpc) is 2.67. The highest BCUT2D eigenvalue weighted by molar-refractivity contribution is 6.32. The van der Waals surface area contributed by atoms with Gasteiger partial charge in [-0.3, -0.25) is 9.59 Å². The van der Waals surface area contributed by atoms with Gasteiger partial charge in [0.2, 0.25) is 5.91 Å². The van der Waals surface area contributed by atoms with Crippen LogP contribution in [0.2, 0.25) is 5.02 Å². The minimum Gasteiger partial charge on any atom is -0.495 e. The standard InChI is InChI=1S/C19H18ClN3O4/c1-26-15-10-16(27-2)14(9-12(15)20)22-18(24)8-7-17-21-13-6-4-3-5-11(13)19(25)23-17/h3-6,9-10H,7-8H2,1-2H3,(H,22,24)(H,21,23,25). The summed E-state index contributed by atoms with van der Waals surface area (Å²) in [4.78, 5) is 31.5. The summed E-state index contributed by atoms with van der Waals surface area (Å²) >= 11 is 6.11. The third-order valence-corrected chi connectivity index (χ3v) is 4.29. The first kappa shape index (κ1) is 18.7. The number of benzene rings is 2. The highest BCUT2D eigenvalue weighted by Crippen LogP contribution is 2.35. The van der Waals surface area contributed by atoms with E-state index >= 15 is 0 Å². The number of rotatable bonds is 6. The fraction of sp³-hybridized carbons (Fsp3) is 0.211. The lowest BCUT2D eigenvalue weighted by molar-refractivity contribution is -0.116. The molecule has 2 aromatic carbocycles. The maximum absolute atomic E-state index is 12.3. The summed E-state index contributed by atoms with van der Waals surface area (Å²) in [5, 5.41) is 3.62. The first-order valence-corrected chi connectivity index (χ1v) is 8.59. The van der Waals surface area contributed by atoms with Gasteiger partial charge in [-0.1, -0.05) is 23.7 Å². The number of aromatic amines is 1. The fourth-order valence-corrected chi connectivity index (χ4v) is 2.90. The van der Waals surface area contributed by atoms with Crippen molar-refractivity contribution in [3.63, 3.8) is 0 Å². The summed E-state index contributed by atoms with van der Waals surface area (Å²) in [5.74, 6) is 1.07. The molecule has 0 spiro atoms. The monoisotopic (exact) mass is 387 g/mol. The molecular formula is C19H18ClN3O4. The van der Waals surface area contributed by atoms with Crippen molar-refractivity contribution in [3.05, 3.63) is 57.6 Å². The van der Waals surface area contributed by atoms with E-state index in [-0.39, 0.29) is 24.3 Å². The molecule has 27 heavy (non-hydrogen) atoms. The van der Waals surface area contributed by atoms with E-state index < -0.39 is 0 Å². The van der Waals surface area contributed by atoms with E-state index in [1.807, 2.05) is 6.07 Å². The van der Waals surface area contributed by atoms with Gasteiger partial charge in [0.25, 0.3) is 5.56 Å². The minimum atomic E-state index is -0.259. The molecule has 0 saturated heterocycles. The van der Waals surface area contributed by atoms with Crippen LogP contribution in [0.1, 0.15) is 12.2 Å². The van der Waals surface area contributed by atoms with Crippen LogP contribution in [0.3, 0.4) is 0 Å². The number of halogens is 1. The summed E-state index contributed by atoms with van der Waals surface area (Å²) in [5.41, 5.74) is 0.813. The zero-order valence-electron chi connectivity index (χ0n) is 14.8. The number of hydrogen-bond acceptors (Lipinski definition) is 5. The van der Waals surface area contributed by atoms with Gasteiger partial charge in [0.1, 0.15) is 17.3 Å². The molecule has 140 valence electrons. The first-order valence-electron chi connectivity index (χ1n) is 8.21. The number of H-pyrrole nitrogens is 1. The molecule has 0 unspecified atom stereocenters. The van der Waals surface area contributed by atoms with Crippen LogP contribution in [-0.2, 0) is 11.2 Å². The number of aromatic nitrogens is 2. The summed E-state index contributed by atoms with van der Waals surface area (Å²) in [7, 11) is 2.98. The number of ether oxygens (including phenoxy) is 2. The number of fused-ring (bicyclic) bond motifs is 1. The number of amides is 1. The Hall–Kier alpha value is -3.06. The highest BCUT2D eigenvalue weighted by atomic mass is 35.5. The second-order valence-electron chi connectivity index (χ2n) is 5.76. The van der Waals surface area contributed by atoms with E-state index in [2.05, 4.69) is 15.3 Å². The molecule has 0 aliphatic carbocycles. The van der Waals surface area contributed by atoms with Crippen LogP contribution in [0, 0.1) is 0 Å². The van der Waals surface area contributed by atoms with Crippen LogP contribution in [-0.4, -0.2) is 30.1 Å². The highest BCUT2D eigenvalue weighted by Gasteiger charge is 2.13. The molecule has 0 fully saturated rings. The molecule has 1 amide bonds. The summed E-state index contributed by atoms with van der Waals surface area (Å²) in [6, 6.07) is 10.2. The molecule has 7 nitrogen and oxygen atoms in total. The molecule has 0 aliphatic rings. The second kappa shape index (κ2) is 8.09. The molecule has 1 heterocycles. The van der Waals surface area contributed by atoms with Gasteiger partial charge in [-0.2, -0.15) is 0 Å². The van der Waals surface area contributed by atoms with Crippen LogP contribution in [0.25, 0.3) is 10.9 Å². The fourth-order valence-electron chi connectivity index (χ4n) is 2.66. The lowest BCUT2D eigenvalue weighted by Gasteiger charge is -2.13. The number of nitrogens with zero attached hydrogens (tertiary/aromatic N) is 1. The predicted molar refractivity (Wildman–Crippen MR) is 104 cm³/mol. The lowest BCUT2D eigenvalue weighted by Crippen LogP contribution is -2.16. The minimum absolute atomic E-state index is 0.133. The van der Waals surface area contributed by atoms with Gasteiger partial charge < -0.3 is 19.8 Å². The average molecular weight is 388 g/mol. The molecule has 0 bridgehead atoms. The number of hydrogen-bond donors (Lipinski definition) is 2. The van der Waals surface area contributed by atoms with Gasteiger partial charge in [-0.05, 0) is 18.2 Å². The van der Waals surface area contributed by atoms with Crippen LogP contribution >= 0.6 is 11.6 Å². The van der Waals surface area contributed by atoms with Crippen LogP contribution in [0.15, 0.2) is 41.2 Å². The zero-order valence-corrected chi connectivity index (χ0v) is 15.6. The predicted octanol–water partition coefficient (Wildman–Crippen LogP) is 3.17. The molecule has 3 rings (SSSR count). The van der Waals surface area contributed by atoms with Crippen LogP contribution < -0.4 is 20.3 Å². The molecule has 8 heteroatoms. The van der Waals surface area contributed by atoms with E-state index in [9.17, 15) is 9.59 Å². The smallest absolute Gasteiger partial charge is 0.258 e. The number of nitrogens with one attached hydrogen (secondary N) is 2. The lowest BCUT2D eigenvalue weighted by atomic mass is 10.2. The molecule has 0 radical (unpaired) electrons. The van der Waals surface area contributed by atoms with Gasteiger partial charge in [-0.15, -0.1) is 0 Å². The van der Waals surface area contributed by atoms with Crippen molar-refractivity contribution < 1.29 is 14.3 Å². The normalized spacial score (nSPS) is 10.6. The van der Waals surface area contributed by atoms with Gasteiger partial charge in [0.15, 0.2) is 0 Å². The first-order chi connectivity index (χ1) is 13.0. The molecular weight excluding hydrogens is 370 g/mol. The Morgan fingerprint density at radius 1 is 1.19 bits per heavy atom. The van der Waals surface area contributed by atoms with Gasteiger partial charge >= 0.3 is 0 Å². The Morgan fingerprint density at radius 3 is 2.67 bits per heavy atom. The molecule has 1 aromatic heterocycles. The number of anilines is 1. The van der Waals surface area contributed by atoms with Gasteiger partial charge in [-0.25, -0.2) is 4.98 Å². The summed E-state index contributed by atoms with van der Waals surface area (Å²) < 4.78 is 10.4. The van der Waals surface area contributed by atoms with Crippen molar-refractivity contribution in [1.29, 1.82) is 0 Å². The van der Waals surface area contributed by atoms with Crippen molar-refractivity contribution in [1.82, 2.24) is 9.97 Å². The number of carbonyl (C=O) groups excluding carboxylic acids is 1. The number of methoxy groups -OCH3 is 2. The van der Waals surface area contributed by atoms with Crippen LogP contribution in [0.5, 0.6) is 11.5 Å². The second-order valence-corrected chi connectivity index (χ2v) is 6.17. The Labute approximate surface area is 160 Å². The van der Waals surface area contributed by atoms with Crippen LogP contribution in [0.4, 0.5) is 5.69 Å². The Bertz CT molecular complexity index is 1050. The third kappa shape index (κ3) is 4.20. The Morgan fingerprint density at radius 2 is 1.93 bits per heavy atom. The summed E-state index contributed by atoms with van der Waals surface area (Å²) in [6.07, 6.45) is 0.423. The molecule has 3 aromatic rings. The zero-order chi connectivity index (χ0) is 19.4. The van der Waals surface area contributed by atoms with E-state index in [1.54, 1.807) is 30.3 Å². The van der Waals surface area contributed by atoms with E-state index in [0.29, 0.717) is 38.9 Å². The maximum Gasteiger partial charge on any atom is 0.258 e. The number of aryl methyl sites for hydroxylation is 1.